The average molecular weight is 482 g/mol. The number of piperazine rings is 1. The Morgan fingerprint density at radius 2 is 1.65 bits per heavy atom. The number of aromatic nitrogens is 2. The Morgan fingerprint density at radius 3 is 2.24 bits per heavy atom. The summed E-state index contributed by atoms with van der Waals surface area (Å²) in [6.07, 6.45) is 2.76. The van der Waals surface area contributed by atoms with Crippen molar-refractivity contribution in [3.05, 3.63) is 78.8 Å². The molecule has 180 valence electrons. The van der Waals surface area contributed by atoms with Gasteiger partial charge in [-0.15, -0.1) is 0 Å². The van der Waals surface area contributed by atoms with E-state index in [2.05, 4.69) is 33.4 Å². The first-order valence-electron chi connectivity index (χ1n) is 11.3. The molecule has 1 atom stereocenters. The Hall–Kier alpha value is -3.46. The number of benzene rings is 2. The summed E-state index contributed by atoms with van der Waals surface area (Å²) in [7, 11) is -3.74. The fourth-order valence-electron chi connectivity index (χ4n) is 4.24. The Kier molecular flexibility index (Phi) is 7.12. The third kappa shape index (κ3) is 5.36. The molecule has 2 aromatic carbocycles. The minimum atomic E-state index is -3.74. The van der Waals surface area contributed by atoms with Crippen molar-refractivity contribution >= 4 is 27.4 Å². The van der Waals surface area contributed by atoms with Crippen LogP contribution in [0, 0.1) is 5.92 Å². The van der Waals surface area contributed by atoms with E-state index in [4.69, 9.17) is 0 Å². The summed E-state index contributed by atoms with van der Waals surface area (Å²) < 4.78 is 27.7. The minimum Gasteiger partial charge on any atom is -0.368 e. The zero-order valence-corrected chi connectivity index (χ0v) is 20.1. The van der Waals surface area contributed by atoms with Crippen LogP contribution in [0.4, 0.5) is 11.5 Å². The summed E-state index contributed by atoms with van der Waals surface area (Å²) in [5.74, 6) is 0.436. The maximum absolute atomic E-state index is 13.3. The molecule has 1 amide bonds. The average Bonchev–Trinajstić information content (AvgIpc) is 2.85. The van der Waals surface area contributed by atoms with E-state index in [1.54, 1.807) is 24.3 Å². The molecule has 34 heavy (non-hydrogen) atoms. The number of carbonyl (C=O) groups is 1. The molecule has 9 heteroatoms. The molecule has 0 spiro atoms. The second kappa shape index (κ2) is 10.2. The molecule has 1 unspecified atom stereocenters. The Morgan fingerprint density at radius 1 is 0.971 bits per heavy atom. The van der Waals surface area contributed by atoms with E-state index >= 15 is 0 Å². The highest BCUT2D eigenvalue weighted by Crippen LogP contribution is 2.28. The molecule has 0 aliphatic carbocycles. The normalized spacial score (nSPS) is 15.3. The number of nitrogens with one attached hydrogen (secondary N) is 1. The molecular weight excluding hydrogens is 450 g/mol. The van der Waals surface area contributed by atoms with Gasteiger partial charge in [-0.1, -0.05) is 44.2 Å². The first-order chi connectivity index (χ1) is 16.3. The third-order valence-corrected chi connectivity index (χ3v) is 7.39. The highest BCUT2D eigenvalue weighted by Gasteiger charge is 2.30. The lowest BCUT2D eigenvalue weighted by atomic mass is 9.87. The predicted molar refractivity (Wildman–Crippen MR) is 134 cm³/mol. The smallest absolute Gasteiger partial charge is 0.263 e. The molecule has 1 saturated heterocycles. The van der Waals surface area contributed by atoms with Gasteiger partial charge in [0.2, 0.25) is 5.91 Å². The molecule has 8 nitrogen and oxygen atoms in total. The number of sulfonamides is 1. The van der Waals surface area contributed by atoms with Crippen LogP contribution in [-0.2, 0) is 14.8 Å². The van der Waals surface area contributed by atoms with Crippen molar-refractivity contribution in [2.45, 2.75) is 24.7 Å². The van der Waals surface area contributed by atoms with Crippen LogP contribution in [0.1, 0.15) is 26.8 Å². The van der Waals surface area contributed by atoms with Crippen molar-refractivity contribution in [3.8, 4) is 0 Å². The van der Waals surface area contributed by atoms with Crippen molar-refractivity contribution < 1.29 is 14.6 Å². The lowest BCUT2D eigenvalue weighted by Crippen LogP contribution is -2.50. The van der Waals surface area contributed by atoms with Gasteiger partial charge in [-0.05, 0) is 41.8 Å². The SMILES string of the molecule is CC(C)C(C(=O)N1CCN(c2ccc(S(=O)(=O)Nc3ccncn3)cc2)CC1)c1ccccc1.[HH]. The topological polar surface area (TPSA) is 95.5 Å². The van der Waals surface area contributed by atoms with Gasteiger partial charge in [0.1, 0.15) is 12.1 Å². The largest absolute Gasteiger partial charge is 0.368 e. The second-order valence-corrected chi connectivity index (χ2v) is 10.3. The van der Waals surface area contributed by atoms with E-state index in [-0.39, 0.29) is 29.9 Å². The number of nitrogens with zero attached hydrogens (tertiary/aromatic N) is 4. The summed E-state index contributed by atoms with van der Waals surface area (Å²) in [5.41, 5.74) is 1.98. The molecule has 1 aromatic heterocycles. The summed E-state index contributed by atoms with van der Waals surface area (Å²) in [6.45, 7) is 6.81. The molecule has 1 aliphatic heterocycles. The van der Waals surface area contributed by atoms with Gasteiger partial charge in [-0.3, -0.25) is 9.52 Å². The summed E-state index contributed by atoms with van der Waals surface area (Å²) in [6, 6.07) is 18.2. The minimum absolute atomic E-state index is 0. The molecule has 1 N–H and O–H groups in total. The number of anilines is 2. The predicted octanol–water partition coefficient (Wildman–Crippen LogP) is 3.61. The molecule has 4 rings (SSSR count). The van der Waals surface area contributed by atoms with E-state index in [1.165, 1.54) is 18.6 Å². The first-order valence-corrected chi connectivity index (χ1v) is 12.8. The van der Waals surface area contributed by atoms with Crippen LogP contribution in [0.15, 0.2) is 78.1 Å². The monoisotopic (exact) mass is 481 g/mol. The van der Waals surface area contributed by atoms with Gasteiger partial charge in [-0.25, -0.2) is 18.4 Å². The van der Waals surface area contributed by atoms with Crippen LogP contribution in [-0.4, -0.2) is 55.4 Å². The number of carbonyl (C=O) groups excluding carboxylic acids is 1. The first kappa shape index (κ1) is 23.7. The van der Waals surface area contributed by atoms with Crippen molar-refractivity contribution in [3.63, 3.8) is 0 Å². The zero-order chi connectivity index (χ0) is 24.1. The van der Waals surface area contributed by atoms with E-state index < -0.39 is 10.0 Å². The Balaban J connectivity index is 0.00000342. The number of hydrogen-bond donors (Lipinski definition) is 1. The summed E-state index contributed by atoms with van der Waals surface area (Å²) >= 11 is 0. The molecule has 1 aliphatic rings. The number of rotatable bonds is 7. The van der Waals surface area contributed by atoms with Crippen molar-refractivity contribution in [2.75, 3.05) is 35.8 Å². The highest BCUT2D eigenvalue weighted by molar-refractivity contribution is 7.92. The quantitative estimate of drug-likeness (QED) is 0.554. The van der Waals surface area contributed by atoms with E-state index in [1.807, 2.05) is 35.2 Å². The van der Waals surface area contributed by atoms with Gasteiger partial charge in [-0.2, -0.15) is 0 Å². The Labute approximate surface area is 202 Å². The summed E-state index contributed by atoms with van der Waals surface area (Å²) in [4.78, 5) is 25.3. The van der Waals surface area contributed by atoms with Crippen molar-refractivity contribution in [1.29, 1.82) is 0 Å². The fraction of sp³-hybridized carbons (Fsp3) is 0.320. The lowest BCUT2D eigenvalue weighted by Gasteiger charge is -2.38. The summed E-state index contributed by atoms with van der Waals surface area (Å²) in [5, 5.41) is 0. The highest BCUT2D eigenvalue weighted by atomic mass is 32.2. The molecule has 0 radical (unpaired) electrons. The molecule has 0 bridgehead atoms. The van der Waals surface area contributed by atoms with Crippen molar-refractivity contribution in [1.82, 2.24) is 14.9 Å². The second-order valence-electron chi connectivity index (χ2n) is 8.64. The number of hydrogen-bond acceptors (Lipinski definition) is 6. The molecule has 2 heterocycles. The zero-order valence-electron chi connectivity index (χ0n) is 19.3. The van der Waals surface area contributed by atoms with Crippen molar-refractivity contribution in [2.24, 2.45) is 5.92 Å². The molecular formula is C25H31N5O3S. The molecule has 1 fully saturated rings. The van der Waals surface area contributed by atoms with Gasteiger partial charge in [0.25, 0.3) is 10.0 Å². The molecule has 0 saturated carbocycles. The maximum Gasteiger partial charge on any atom is 0.263 e. The van der Waals surface area contributed by atoms with E-state index in [9.17, 15) is 13.2 Å². The van der Waals surface area contributed by atoms with Crippen LogP contribution in [0.3, 0.4) is 0 Å². The third-order valence-electron chi connectivity index (χ3n) is 6.02. The number of amides is 1. The van der Waals surface area contributed by atoms with E-state index in [0.29, 0.717) is 26.2 Å². The fourth-order valence-corrected chi connectivity index (χ4v) is 5.25. The molecule has 3 aromatic rings. The standard InChI is InChI=1S/C25H29N5O3S.H2/c1-19(2)24(20-6-4-3-5-7-20)25(31)30-16-14-29(15-17-30)21-8-10-22(11-9-21)34(32,33)28-23-12-13-26-18-27-23;/h3-13,18-19,24H,14-17H2,1-2H3,(H,26,27,28);1H. The van der Waals surface area contributed by atoms with Gasteiger partial charge in [0, 0.05) is 39.5 Å². The lowest BCUT2D eigenvalue weighted by molar-refractivity contribution is -0.134. The van der Waals surface area contributed by atoms with Gasteiger partial charge in [0.15, 0.2) is 0 Å². The van der Waals surface area contributed by atoms with Gasteiger partial charge in [0.05, 0.1) is 10.8 Å². The van der Waals surface area contributed by atoms with Crippen LogP contribution in [0.5, 0.6) is 0 Å². The van der Waals surface area contributed by atoms with Crippen LogP contribution in [0.2, 0.25) is 0 Å². The van der Waals surface area contributed by atoms with E-state index in [0.717, 1.165) is 11.3 Å². The Bertz CT molecular complexity index is 1200. The van der Waals surface area contributed by atoms with Crippen LogP contribution < -0.4 is 9.62 Å². The van der Waals surface area contributed by atoms with Gasteiger partial charge < -0.3 is 9.80 Å². The van der Waals surface area contributed by atoms with Crippen LogP contribution in [0.25, 0.3) is 0 Å². The maximum atomic E-state index is 13.3. The van der Waals surface area contributed by atoms with Gasteiger partial charge >= 0.3 is 0 Å². The van der Waals surface area contributed by atoms with Crippen LogP contribution >= 0.6 is 0 Å².